The quantitative estimate of drug-likeness (QED) is 0.0682. The van der Waals surface area contributed by atoms with Crippen LogP contribution in [0.2, 0.25) is 0 Å². The van der Waals surface area contributed by atoms with Crippen molar-refractivity contribution in [3.8, 4) is 0 Å². The van der Waals surface area contributed by atoms with Crippen LogP contribution in [0, 0.1) is 0 Å². The van der Waals surface area contributed by atoms with E-state index in [1.807, 2.05) is 0 Å². The lowest BCUT2D eigenvalue weighted by Gasteiger charge is -2.52. The van der Waals surface area contributed by atoms with Gasteiger partial charge in [0.05, 0.1) is 38.6 Å². The summed E-state index contributed by atoms with van der Waals surface area (Å²) in [5.74, 6) is -1.63. The molecule has 6 heterocycles. The number of aliphatic hydroxyl groups excluding tert-OH is 16. The third kappa shape index (κ3) is 12.4. The highest BCUT2D eigenvalue weighted by molar-refractivity contribution is 5.73. The lowest BCUT2D eigenvalue weighted by Crippen LogP contribution is -2.71. The highest BCUT2D eigenvalue weighted by Crippen LogP contribution is 2.38. The first-order valence-corrected chi connectivity index (χ1v) is 22.8. The lowest BCUT2D eigenvalue weighted by molar-refractivity contribution is -0.400. The summed E-state index contributed by atoms with van der Waals surface area (Å²) in [6.45, 7) is 0.718. The van der Waals surface area contributed by atoms with E-state index in [-0.39, 0.29) is 0 Å². The summed E-state index contributed by atoms with van der Waals surface area (Å²) in [6.07, 6.45) is -51.9. The third-order valence-electron chi connectivity index (χ3n) is 13.2. The van der Waals surface area contributed by atoms with Crippen LogP contribution in [0.1, 0.15) is 27.7 Å². The summed E-state index contributed by atoms with van der Waals surface area (Å²) in [7, 11) is 0. The van der Waals surface area contributed by atoms with E-state index in [2.05, 4.69) is 10.6 Å². The van der Waals surface area contributed by atoms with Gasteiger partial charge in [0.1, 0.15) is 134 Å². The van der Waals surface area contributed by atoms with Crippen molar-refractivity contribution in [2.24, 2.45) is 0 Å². The minimum atomic E-state index is -2.20. The van der Waals surface area contributed by atoms with Crippen LogP contribution in [0.15, 0.2) is 0 Å². The molecule has 0 aromatic carbocycles. The predicted molar refractivity (Wildman–Crippen MR) is 220 cm³/mol. The van der Waals surface area contributed by atoms with E-state index < -0.39 is 222 Å². The average Bonchev–Trinajstić information content (AvgIpc) is 3.33. The molecule has 0 aromatic rings. The summed E-state index contributed by atoms with van der Waals surface area (Å²) in [5, 5.41) is 177. The van der Waals surface area contributed by atoms with Gasteiger partial charge in [-0.25, -0.2) is 0 Å². The molecule has 0 bridgehead atoms. The van der Waals surface area contributed by atoms with E-state index in [9.17, 15) is 91.3 Å². The van der Waals surface area contributed by atoms with Crippen LogP contribution < -0.4 is 10.6 Å². The minimum Gasteiger partial charge on any atom is -0.394 e. The van der Waals surface area contributed by atoms with E-state index in [1.54, 1.807) is 0 Å². The molecule has 1 unspecified atom stereocenters. The van der Waals surface area contributed by atoms with Gasteiger partial charge in [-0.1, -0.05) is 0 Å². The Morgan fingerprint density at radius 2 is 0.761 bits per heavy atom. The number of rotatable bonds is 16. The molecule has 31 nitrogen and oxygen atoms in total. The van der Waals surface area contributed by atoms with Crippen LogP contribution in [0.25, 0.3) is 0 Å². The maximum Gasteiger partial charge on any atom is 0.217 e. The number of amides is 2. The number of ether oxygens (including phenoxy) is 11. The van der Waals surface area contributed by atoms with Gasteiger partial charge >= 0.3 is 0 Å². The Morgan fingerprint density at radius 3 is 1.28 bits per heavy atom. The van der Waals surface area contributed by atoms with Crippen molar-refractivity contribution in [2.75, 3.05) is 26.4 Å². The summed E-state index contributed by atoms with van der Waals surface area (Å²) >= 11 is 0. The lowest BCUT2D eigenvalue weighted by atomic mass is 9.93. The first-order chi connectivity index (χ1) is 33.5. The van der Waals surface area contributed by atoms with Gasteiger partial charge in [-0.05, 0) is 13.8 Å². The summed E-state index contributed by atoms with van der Waals surface area (Å²) in [4.78, 5) is 25.2. The maximum atomic E-state index is 13.1. The molecule has 31 heteroatoms. The molecule has 6 aliphatic rings. The second kappa shape index (κ2) is 24.7. The van der Waals surface area contributed by atoms with Crippen LogP contribution in [0.5, 0.6) is 0 Å². The second-order valence-corrected chi connectivity index (χ2v) is 18.2. The van der Waals surface area contributed by atoms with Crippen LogP contribution in [0.4, 0.5) is 0 Å². The van der Waals surface area contributed by atoms with Crippen molar-refractivity contribution in [3.63, 3.8) is 0 Å². The van der Waals surface area contributed by atoms with Crippen LogP contribution in [-0.4, -0.2) is 304 Å². The second-order valence-electron chi connectivity index (χ2n) is 18.2. The van der Waals surface area contributed by atoms with Crippen molar-refractivity contribution in [2.45, 2.75) is 212 Å². The Bertz CT molecular complexity index is 1710. The standard InChI is InChI=1S/C40H68N2O29/c1-9-19(49)24(54)27(57)37(61-9)69-32-18(42-12(4)48)36(70-33-23(53)15(7-45)64-39(29(33)59)68-31-17(41-11(3)47)35(60)63-14(6-44)22(31)52)66-16(8-46)30(32)67-40-34(26(56)21(51)13(5-43)65-40)71-38-28(58)25(55)20(50)10(2)62-38/h9-10,13-40,43-46,49-60H,5-8H2,1-4H3,(H,41,47)(H,42,48)/t9-,10-,13+,14+,15+,16+,17+,18+,19+,20+,21-,22+,23-,24+,25+,26-,27-,28-,29+,30+,31+,32+,33-,34+,35?,36-,37-,38-,39-,40-/m0/s1. The maximum absolute atomic E-state index is 13.1. The van der Waals surface area contributed by atoms with Crippen LogP contribution in [-0.2, 0) is 61.7 Å². The molecule has 30 atom stereocenters. The molecular formula is C40H68N2O29. The molecule has 0 aromatic heterocycles. The smallest absolute Gasteiger partial charge is 0.217 e. The Kier molecular flexibility index (Phi) is 20.2. The van der Waals surface area contributed by atoms with E-state index in [0.717, 1.165) is 13.8 Å². The third-order valence-corrected chi connectivity index (χ3v) is 13.2. The minimum absolute atomic E-state index is 0.745. The summed E-state index contributed by atoms with van der Waals surface area (Å²) in [6, 6.07) is -3.43. The normalized spacial score (nSPS) is 50.8. The van der Waals surface area contributed by atoms with Crippen molar-refractivity contribution < 1.29 is 143 Å². The Hall–Kier alpha value is -2.14. The molecule has 18 N–H and O–H groups in total. The van der Waals surface area contributed by atoms with Gasteiger partial charge in [-0.3, -0.25) is 9.59 Å². The molecule has 71 heavy (non-hydrogen) atoms. The molecule has 0 radical (unpaired) electrons. The van der Waals surface area contributed by atoms with Gasteiger partial charge in [0.2, 0.25) is 11.8 Å². The zero-order valence-electron chi connectivity index (χ0n) is 38.6. The Labute approximate surface area is 403 Å². The topological polar surface area (TPSA) is 483 Å². The van der Waals surface area contributed by atoms with Gasteiger partial charge in [0.15, 0.2) is 37.7 Å². The van der Waals surface area contributed by atoms with E-state index in [4.69, 9.17) is 52.1 Å². The largest absolute Gasteiger partial charge is 0.394 e. The zero-order valence-corrected chi connectivity index (χ0v) is 38.6. The molecule has 6 saturated heterocycles. The Balaban J connectivity index is 1.37. The molecule has 6 fully saturated rings. The fourth-order valence-corrected chi connectivity index (χ4v) is 9.18. The van der Waals surface area contributed by atoms with Gasteiger partial charge in [0, 0.05) is 13.8 Å². The number of hydrogen-bond acceptors (Lipinski definition) is 29. The summed E-state index contributed by atoms with van der Waals surface area (Å²) in [5.41, 5.74) is 0. The van der Waals surface area contributed by atoms with E-state index >= 15 is 0 Å². The highest BCUT2D eigenvalue weighted by Gasteiger charge is 2.59. The van der Waals surface area contributed by atoms with Gasteiger partial charge in [0.25, 0.3) is 0 Å². The van der Waals surface area contributed by atoms with Crippen molar-refractivity contribution in [1.82, 2.24) is 10.6 Å². The van der Waals surface area contributed by atoms with Gasteiger partial charge < -0.3 is 144 Å². The number of carbonyl (C=O) groups excluding carboxylic acids is 2. The van der Waals surface area contributed by atoms with E-state index in [1.165, 1.54) is 13.8 Å². The van der Waals surface area contributed by atoms with Crippen molar-refractivity contribution in [1.29, 1.82) is 0 Å². The monoisotopic (exact) mass is 1040 g/mol. The first-order valence-electron chi connectivity index (χ1n) is 22.8. The molecule has 0 saturated carbocycles. The van der Waals surface area contributed by atoms with Crippen molar-refractivity contribution >= 4 is 11.8 Å². The summed E-state index contributed by atoms with van der Waals surface area (Å²) < 4.78 is 64.4. The fourth-order valence-electron chi connectivity index (χ4n) is 9.18. The van der Waals surface area contributed by atoms with Crippen molar-refractivity contribution in [3.05, 3.63) is 0 Å². The zero-order chi connectivity index (χ0) is 52.5. The predicted octanol–water partition coefficient (Wildman–Crippen LogP) is -11.8. The Morgan fingerprint density at radius 1 is 0.366 bits per heavy atom. The molecule has 412 valence electrons. The molecule has 6 rings (SSSR count). The highest BCUT2D eigenvalue weighted by atomic mass is 16.8. The number of aliphatic hydroxyl groups is 16. The molecule has 6 aliphatic heterocycles. The van der Waals surface area contributed by atoms with Crippen LogP contribution in [0.3, 0.4) is 0 Å². The number of hydrogen-bond donors (Lipinski definition) is 18. The van der Waals surface area contributed by atoms with Gasteiger partial charge in [-0.2, -0.15) is 0 Å². The van der Waals surface area contributed by atoms with E-state index in [0.29, 0.717) is 0 Å². The first kappa shape index (κ1) is 58.1. The number of carbonyl (C=O) groups is 2. The fraction of sp³-hybridized carbons (Fsp3) is 0.950. The number of nitrogens with one attached hydrogen (secondary N) is 2. The molecule has 0 spiro atoms. The average molecular weight is 1040 g/mol. The van der Waals surface area contributed by atoms with Crippen LogP contribution >= 0.6 is 0 Å². The molecular weight excluding hydrogens is 972 g/mol. The van der Waals surface area contributed by atoms with Gasteiger partial charge in [-0.15, -0.1) is 0 Å². The molecule has 0 aliphatic carbocycles. The SMILES string of the molecule is CC(=O)N[C@H]1[C@H](O[C@H]2[C@@H](O)[C@@H](CO)O[C@@H](O[C@H]3[C@H](O)[C@@H](CO)OC(O)[C@@H]3NC(C)=O)[C@@H]2O)O[C@H](CO)[C@@H](O[C@@H]2O[C@H](CO)[C@H](O)[C@H](O)[C@H]2O[C@@H]2O[C@@H](C)[C@@H](O)[C@@H](O)[C@@H]2O)[C@@H]1O[C@@H]1O[C@@H](C)[C@@H](O)[C@@H](O)[C@@H]1O. The molecule has 2 amide bonds.